The third kappa shape index (κ3) is 2.01. The van der Waals surface area contributed by atoms with Gasteiger partial charge < -0.3 is 9.67 Å². The molecule has 1 rings (SSSR count). The Kier molecular flexibility index (Phi) is 3.05. The molecule has 0 atom stereocenters. The van der Waals surface area contributed by atoms with Gasteiger partial charge in [0.05, 0.1) is 12.2 Å². The number of Topliss-reactive ketones (excluding diaryl/α,β-unsaturated/α-hetero) is 1. The highest BCUT2D eigenvalue weighted by Gasteiger charge is 2.19. The molecule has 0 bridgehead atoms. The molecule has 0 radical (unpaired) electrons. The molecule has 0 aliphatic rings. The molecule has 0 aliphatic heterocycles. The number of aromatic nitrogens is 2. The van der Waals surface area contributed by atoms with Crippen molar-refractivity contribution in [3.8, 4) is 0 Å². The summed E-state index contributed by atoms with van der Waals surface area (Å²) in [7, 11) is 0. The van der Waals surface area contributed by atoms with Crippen molar-refractivity contribution >= 4 is 27.7 Å². The first-order valence-electron chi connectivity index (χ1n) is 3.89. The molecule has 76 valence electrons. The zero-order valence-corrected chi connectivity index (χ0v) is 9.33. The molecule has 1 aromatic rings. The second kappa shape index (κ2) is 3.91. The van der Waals surface area contributed by atoms with Crippen molar-refractivity contribution in [1.29, 1.82) is 0 Å². The summed E-state index contributed by atoms with van der Waals surface area (Å²) in [4.78, 5) is 25.7. The highest BCUT2D eigenvalue weighted by Crippen LogP contribution is 2.16. The van der Waals surface area contributed by atoms with Crippen molar-refractivity contribution in [2.45, 2.75) is 20.4 Å². The highest BCUT2D eigenvalue weighted by molar-refractivity contribution is 9.10. The zero-order valence-electron chi connectivity index (χ0n) is 7.74. The number of halogens is 1. The second-order valence-corrected chi connectivity index (χ2v) is 3.62. The molecule has 0 spiro atoms. The lowest BCUT2D eigenvalue weighted by atomic mass is 10.3. The Labute approximate surface area is 88.9 Å². The van der Waals surface area contributed by atoms with E-state index >= 15 is 0 Å². The summed E-state index contributed by atoms with van der Waals surface area (Å²) in [5.74, 6) is -1.20. The number of carboxylic acids is 1. The van der Waals surface area contributed by atoms with Crippen molar-refractivity contribution in [3.63, 3.8) is 0 Å². The van der Waals surface area contributed by atoms with Crippen LogP contribution < -0.4 is 0 Å². The van der Waals surface area contributed by atoms with Gasteiger partial charge in [0.15, 0.2) is 10.4 Å². The van der Waals surface area contributed by atoms with Gasteiger partial charge in [-0.25, -0.2) is 9.78 Å². The lowest BCUT2D eigenvalue weighted by molar-refractivity contribution is -0.117. The summed E-state index contributed by atoms with van der Waals surface area (Å²) in [5.41, 5.74) is 0.442. The number of carbonyl (C=O) groups is 2. The topological polar surface area (TPSA) is 72.2 Å². The van der Waals surface area contributed by atoms with Gasteiger partial charge in [0.1, 0.15) is 5.78 Å². The average Bonchev–Trinajstić information content (AvgIpc) is 2.25. The first kappa shape index (κ1) is 10.9. The largest absolute Gasteiger partial charge is 0.477 e. The van der Waals surface area contributed by atoms with E-state index in [1.807, 2.05) is 0 Å². The molecule has 5 nitrogen and oxygen atoms in total. The fourth-order valence-electron chi connectivity index (χ4n) is 1.18. The molecule has 1 N–H and O–H groups in total. The van der Waals surface area contributed by atoms with Gasteiger partial charge in [-0.15, -0.1) is 0 Å². The Bertz CT molecular complexity index is 398. The predicted molar refractivity (Wildman–Crippen MR) is 52.3 cm³/mol. The predicted octanol–water partition coefficient (Wildman–Crippen LogP) is 1.24. The molecule has 0 saturated carbocycles. The quantitative estimate of drug-likeness (QED) is 0.888. The summed E-state index contributed by atoms with van der Waals surface area (Å²) in [6.07, 6.45) is 0. The van der Waals surface area contributed by atoms with Gasteiger partial charge in [0, 0.05) is 0 Å². The molecular weight excluding hydrogens is 252 g/mol. The van der Waals surface area contributed by atoms with E-state index in [0.717, 1.165) is 0 Å². The number of carboxylic acid groups (broad SMARTS) is 1. The van der Waals surface area contributed by atoms with Gasteiger partial charge in [0.25, 0.3) is 0 Å². The third-order valence-electron chi connectivity index (χ3n) is 1.68. The lowest BCUT2D eigenvalue weighted by Crippen LogP contribution is -2.14. The number of hydrogen-bond acceptors (Lipinski definition) is 3. The Morgan fingerprint density at radius 3 is 2.57 bits per heavy atom. The Balaban J connectivity index is 3.24. The van der Waals surface area contributed by atoms with Gasteiger partial charge in [-0.2, -0.15) is 0 Å². The van der Waals surface area contributed by atoms with E-state index in [9.17, 15) is 9.59 Å². The summed E-state index contributed by atoms with van der Waals surface area (Å²) >= 11 is 3.10. The van der Waals surface area contributed by atoms with E-state index in [2.05, 4.69) is 20.9 Å². The number of hydrogen-bond donors (Lipinski definition) is 1. The maximum absolute atomic E-state index is 10.9. The van der Waals surface area contributed by atoms with Gasteiger partial charge >= 0.3 is 5.97 Å². The van der Waals surface area contributed by atoms with Crippen LogP contribution in [-0.4, -0.2) is 26.4 Å². The van der Waals surface area contributed by atoms with Crippen molar-refractivity contribution < 1.29 is 14.7 Å². The van der Waals surface area contributed by atoms with Gasteiger partial charge in [-0.05, 0) is 29.8 Å². The monoisotopic (exact) mass is 260 g/mol. The SMILES string of the molecule is CC(=O)Cn1c(Br)nc(C)c1C(=O)O. The molecule has 0 amide bonds. The fourth-order valence-corrected chi connectivity index (χ4v) is 1.75. The average molecular weight is 261 g/mol. The van der Waals surface area contributed by atoms with E-state index in [-0.39, 0.29) is 18.0 Å². The van der Waals surface area contributed by atoms with Crippen molar-refractivity contribution in [1.82, 2.24) is 9.55 Å². The molecule has 0 saturated heterocycles. The van der Waals surface area contributed by atoms with E-state index in [1.54, 1.807) is 6.92 Å². The Morgan fingerprint density at radius 2 is 2.14 bits per heavy atom. The molecular formula is C8H9BrN2O3. The second-order valence-electron chi connectivity index (χ2n) is 2.91. The van der Waals surface area contributed by atoms with Crippen LogP contribution in [0.15, 0.2) is 4.73 Å². The van der Waals surface area contributed by atoms with E-state index in [4.69, 9.17) is 5.11 Å². The minimum Gasteiger partial charge on any atom is -0.477 e. The van der Waals surface area contributed by atoms with Crippen LogP contribution in [0.25, 0.3) is 0 Å². The van der Waals surface area contributed by atoms with Gasteiger partial charge in [-0.3, -0.25) is 4.79 Å². The van der Waals surface area contributed by atoms with Crippen LogP contribution in [0.4, 0.5) is 0 Å². The molecule has 0 unspecified atom stereocenters. The van der Waals surface area contributed by atoms with Crippen LogP contribution >= 0.6 is 15.9 Å². The standard InChI is InChI=1S/C8H9BrN2O3/c1-4(12)3-11-6(7(13)14)5(2)10-8(11)9/h3H2,1-2H3,(H,13,14). The minimum absolute atomic E-state index is 0.0169. The number of imidazole rings is 1. The maximum Gasteiger partial charge on any atom is 0.354 e. The van der Waals surface area contributed by atoms with E-state index in [1.165, 1.54) is 11.5 Å². The molecule has 14 heavy (non-hydrogen) atoms. The van der Waals surface area contributed by atoms with Gasteiger partial charge in [-0.1, -0.05) is 0 Å². The molecule has 1 aromatic heterocycles. The van der Waals surface area contributed by atoms with Crippen LogP contribution in [0.5, 0.6) is 0 Å². The van der Waals surface area contributed by atoms with Gasteiger partial charge in [0.2, 0.25) is 0 Å². The number of carbonyl (C=O) groups excluding carboxylic acids is 1. The van der Waals surface area contributed by atoms with Crippen LogP contribution in [-0.2, 0) is 11.3 Å². The van der Waals surface area contributed by atoms with E-state index in [0.29, 0.717) is 10.4 Å². The van der Waals surface area contributed by atoms with Crippen molar-refractivity contribution in [2.24, 2.45) is 0 Å². The van der Waals surface area contributed by atoms with Crippen LogP contribution in [0.3, 0.4) is 0 Å². The first-order chi connectivity index (χ1) is 6.43. The zero-order chi connectivity index (χ0) is 10.9. The number of nitrogens with zero attached hydrogens (tertiary/aromatic N) is 2. The summed E-state index contributed by atoms with van der Waals surface area (Å²) < 4.78 is 1.70. The van der Waals surface area contributed by atoms with E-state index < -0.39 is 5.97 Å². The van der Waals surface area contributed by atoms with Crippen molar-refractivity contribution in [2.75, 3.05) is 0 Å². The summed E-state index contributed by atoms with van der Waals surface area (Å²) in [5, 5.41) is 8.88. The molecule has 1 heterocycles. The molecule has 0 aliphatic carbocycles. The van der Waals surface area contributed by atoms with Crippen LogP contribution in [0.1, 0.15) is 23.1 Å². The molecule has 6 heteroatoms. The minimum atomic E-state index is -1.08. The fraction of sp³-hybridized carbons (Fsp3) is 0.375. The lowest BCUT2D eigenvalue weighted by Gasteiger charge is -2.03. The molecule has 0 aromatic carbocycles. The van der Waals surface area contributed by atoms with Crippen LogP contribution in [0, 0.1) is 6.92 Å². The number of rotatable bonds is 3. The maximum atomic E-state index is 10.9. The first-order valence-corrected chi connectivity index (χ1v) is 4.68. The van der Waals surface area contributed by atoms with Crippen LogP contribution in [0.2, 0.25) is 0 Å². The van der Waals surface area contributed by atoms with Crippen molar-refractivity contribution in [3.05, 3.63) is 16.1 Å². The third-order valence-corrected chi connectivity index (χ3v) is 2.28. The Hall–Kier alpha value is -1.17. The number of aromatic carboxylic acids is 1. The Morgan fingerprint density at radius 1 is 1.57 bits per heavy atom. The number of aryl methyl sites for hydroxylation is 1. The number of ketones is 1. The molecule has 0 fully saturated rings. The summed E-state index contributed by atoms with van der Waals surface area (Å²) in [6.45, 7) is 3.00. The summed E-state index contributed by atoms with van der Waals surface area (Å²) in [6, 6.07) is 0. The normalized spacial score (nSPS) is 10.2. The smallest absolute Gasteiger partial charge is 0.354 e. The highest BCUT2D eigenvalue weighted by atomic mass is 79.9.